The van der Waals surface area contributed by atoms with Crippen molar-refractivity contribution < 1.29 is 4.92 Å². The molecule has 0 amide bonds. The van der Waals surface area contributed by atoms with Gasteiger partial charge in [0.15, 0.2) is 0 Å². The summed E-state index contributed by atoms with van der Waals surface area (Å²) in [6, 6.07) is 1.63. The van der Waals surface area contributed by atoms with Gasteiger partial charge in [-0.2, -0.15) is 0 Å². The van der Waals surface area contributed by atoms with Gasteiger partial charge in [0.1, 0.15) is 11.9 Å². The first-order valence-corrected chi connectivity index (χ1v) is 5.79. The third-order valence-corrected chi connectivity index (χ3v) is 2.50. The fourth-order valence-corrected chi connectivity index (χ4v) is 1.93. The highest BCUT2D eigenvalue weighted by molar-refractivity contribution is 5.59. The van der Waals surface area contributed by atoms with Crippen LogP contribution >= 0.6 is 0 Å². The molecule has 0 aliphatic carbocycles. The van der Waals surface area contributed by atoms with Crippen LogP contribution in [-0.2, 0) is 0 Å². The molecule has 6 nitrogen and oxygen atoms in total. The van der Waals surface area contributed by atoms with E-state index in [2.05, 4.69) is 29.0 Å². The van der Waals surface area contributed by atoms with Gasteiger partial charge in [-0.05, 0) is 25.6 Å². The molecule has 0 bridgehead atoms. The first kappa shape index (κ1) is 14.4. The van der Waals surface area contributed by atoms with Crippen LogP contribution in [0.4, 0.5) is 11.4 Å². The van der Waals surface area contributed by atoms with E-state index in [0.29, 0.717) is 12.2 Å². The van der Waals surface area contributed by atoms with E-state index in [-0.39, 0.29) is 11.1 Å². The third-order valence-electron chi connectivity index (χ3n) is 2.50. The van der Waals surface area contributed by atoms with Crippen LogP contribution in [0.3, 0.4) is 0 Å². The van der Waals surface area contributed by atoms with Crippen molar-refractivity contribution in [3.8, 4) is 0 Å². The molecule has 0 saturated carbocycles. The minimum absolute atomic E-state index is 0.0122. The molecule has 0 atom stereocenters. The summed E-state index contributed by atoms with van der Waals surface area (Å²) in [4.78, 5) is 16.3. The van der Waals surface area contributed by atoms with E-state index in [1.165, 1.54) is 6.20 Å². The average Bonchev–Trinajstić information content (AvgIpc) is 2.25. The maximum Gasteiger partial charge on any atom is 0.310 e. The maximum atomic E-state index is 10.8. The van der Waals surface area contributed by atoms with Gasteiger partial charge in [0.25, 0.3) is 0 Å². The SMILES string of the molecule is CN(C)CC(C)(C)CNc1ccncc1[N+](=O)[O-]. The van der Waals surface area contributed by atoms with Crippen molar-refractivity contribution in [2.75, 3.05) is 32.5 Å². The lowest BCUT2D eigenvalue weighted by Crippen LogP contribution is -2.34. The summed E-state index contributed by atoms with van der Waals surface area (Å²) in [6.45, 7) is 5.80. The number of rotatable bonds is 6. The van der Waals surface area contributed by atoms with Crippen LogP contribution in [0.15, 0.2) is 18.5 Å². The van der Waals surface area contributed by atoms with E-state index < -0.39 is 4.92 Å². The number of hydrogen-bond donors (Lipinski definition) is 1. The highest BCUT2D eigenvalue weighted by Crippen LogP contribution is 2.24. The summed E-state index contributed by atoms with van der Waals surface area (Å²) in [5, 5.41) is 14.0. The van der Waals surface area contributed by atoms with Crippen LogP contribution < -0.4 is 5.32 Å². The van der Waals surface area contributed by atoms with Gasteiger partial charge < -0.3 is 10.2 Å². The Morgan fingerprint density at radius 2 is 2.17 bits per heavy atom. The molecule has 0 aliphatic rings. The fraction of sp³-hybridized carbons (Fsp3) is 0.583. The molecule has 0 spiro atoms. The summed E-state index contributed by atoms with van der Waals surface area (Å²) in [5.74, 6) is 0. The summed E-state index contributed by atoms with van der Waals surface area (Å²) in [7, 11) is 4.02. The second-order valence-corrected chi connectivity index (χ2v) is 5.41. The minimum atomic E-state index is -0.422. The predicted molar refractivity (Wildman–Crippen MR) is 71.7 cm³/mol. The number of anilines is 1. The van der Waals surface area contributed by atoms with Gasteiger partial charge in [0.2, 0.25) is 0 Å². The first-order chi connectivity index (χ1) is 8.32. The normalized spacial score (nSPS) is 11.6. The molecule has 0 radical (unpaired) electrons. The molecule has 0 aliphatic heterocycles. The Bertz CT molecular complexity index is 418. The zero-order valence-electron chi connectivity index (χ0n) is 11.3. The van der Waals surface area contributed by atoms with Crippen molar-refractivity contribution in [1.82, 2.24) is 9.88 Å². The molecule has 0 unspecified atom stereocenters. The van der Waals surface area contributed by atoms with E-state index in [4.69, 9.17) is 0 Å². The summed E-state index contributed by atoms with van der Waals surface area (Å²) in [6.07, 6.45) is 2.82. The van der Waals surface area contributed by atoms with Crippen LogP contribution in [0.25, 0.3) is 0 Å². The van der Waals surface area contributed by atoms with Crippen molar-refractivity contribution >= 4 is 11.4 Å². The largest absolute Gasteiger partial charge is 0.379 e. The van der Waals surface area contributed by atoms with Crippen molar-refractivity contribution in [3.05, 3.63) is 28.6 Å². The first-order valence-electron chi connectivity index (χ1n) is 5.79. The highest BCUT2D eigenvalue weighted by Gasteiger charge is 2.21. The molecule has 1 rings (SSSR count). The predicted octanol–water partition coefficient (Wildman–Crippen LogP) is 1.99. The second-order valence-electron chi connectivity index (χ2n) is 5.41. The standard InChI is InChI=1S/C12H20N4O2/c1-12(2,9-15(3)4)8-14-10-5-6-13-7-11(10)16(17)18/h5-7H,8-9H2,1-4H3,(H,13,14). The van der Waals surface area contributed by atoms with Crippen molar-refractivity contribution in [1.29, 1.82) is 0 Å². The van der Waals surface area contributed by atoms with E-state index in [9.17, 15) is 10.1 Å². The van der Waals surface area contributed by atoms with Gasteiger partial charge in [-0.25, -0.2) is 0 Å². The molecular formula is C12H20N4O2. The van der Waals surface area contributed by atoms with Gasteiger partial charge in [-0.3, -0.25) is 15.1 Å². The van der Waals surface area contributed by atoms with Gasteiger partial charge >= 0.3 is 5.69 Å². The molecule has 6 heteroatoms. The number of nitrogens with zero attached hydrogens (tertiary/aromatic N) is 3. The molecule has 0 fully saturated rings. The molecule has 1 aromatic rings. The monoisotopic (exact) mass is 252 g/mol. The van der Waals surface area contributed by atoms with Crippen LogP contribution in [0.5, 0.6) is 0 Å². The molecule has 1 aromatic heterocycles. The molecule has 1 heterocycles. The zero-order chi connectivity index (χ0) is 13.8. The Labute approximate surface area is 107 Å². The number of pyridine rings is 1. The van der Waals surface area contributed by atoms with Crippen LogP contribution in [0.1, 0.15) is 13.8 Å². The average molecular weight is 252 g/mol. The quantitative estimate of drug-likeness (QED) is 0.619. The fourth-order valence-electron chi connectivity index (χ4n) is 1.93. The Balaban J connectivity index is 2.71. The lowest BCUT2D eigenvalue weighted by atomic mass is 9.93. The van der Waals surface area contributed by atoms with E-state index in [1.54, 1.807) is 12.3 Å². The number of hydrogen-bond acceptors (Lipinski definition) is 5. The Kier molecular flexibility index (Phi) is 4.61. The minimum Gasteiger partial charge on any atom is -0.379 e. The van der Waals surface area contributed by atoms with E-state index in [1.807, 2.05) is 14.1 Å². The van der Waals surface area contributed by atoms with Gasteiger partial charge in [-0.15, -0.1) is 0 Å². The lowest BCUT2D eigenvalue weighted by Gasteiger charge is -2.28. The highest BCUT2D eigenvalue weighted by atomic mass is 16.6. The van der Waals surface area contributed by atoms with Crippen molar-refractivity contribution in [2.24, 2.45) is 5.41 Å². The number of nitrogens with one attached hydrogen (secondary N) is 1. The summed E-state index contributed by atoms with van der Waals surface area (Å²) < 4.78 is 0. The molecule has 0 aromatic carbocycles. The topological polar surface area (TPSA) is 71.3 Å². The number of aromatic nitrogens is 1. The van der Waals surface area contributed by atoms with Crippen LogP contribution in [0.2, 0.25) is 0 Å². The third kappa shape index (κ3) is 4.29. The van der Waals surface area contributed by atoms with Crippen LogP contribution in [0, 0.1) is 15.5 Å². The number of nitro groups is 1. The lowest BCUT2D eigenvalue weighted by molar-refractivity contribution is -0.384. The van der Waals surface area contributed by atoms with Gasteiger partial charge in [0, 0.05) is 19.3 Å². The van der Waals surface area contributed by atoms with Gasteiger partial charge in [0.05, 0.1) is 4.92 Å². The second kappa shape index (κ2) is 5.77. The van der Waals surface area contributed by atoms with E-state index >= 15 is 0 Å². The molecule has 18 heavy (non-hydrogen) atoms. The smallest absolute Gasteiger partial charge is 0.310 e. The Morgan fingerprint density at radius 1 is 1.50 bits per heavy atom. The van der Waals surface area contributed by atoms with Gasteiger partial charge in [-0.1, -0.05) is 13.8 Å². The van der Waals surface area contributed by atoms with Crippen molar-refractivity contribution in [2.45, 2.75) is 13.8 Å². The molecule has 100 valence electrons. The zero-order valence-corrected chi connectivity index (χ0v) is 11.3. The molecular weight excluding hydrogens is 232 g/mol. The maximum absolute atomic E-state index is 10.8. The Morgan fingerprint density at radius 3 is 2.72 bits per heavy atom. The molecule has 1 N–H and O–H groups in total. The summed E-state index contributed by atoms with van der Waals surface area (Å²) >= 11 is 0. The van der Waals surface area contributed by atoms with Crippen LogP contribution in [-0.4, -0.2) is 42.0 Å². The van der Waals surface area contributed by atoms with Crippen molar-refractivity contribution in [3.63, 3.8) is 0 Å². The summed E-state index contributed by atoms with van der Waals surface area (Å²) in [5.41, 5.74) is 0.556. The van der Waals surface area contributed by atoms with E-state index in [0.717, 1.165) is 6.54 Å². The molecule has 0 saturated heterocycles. The Hall–Kier alpha value is -1.69.